The zero-order chi connectivity index (χ0) is 18.7. The first-order chi connectivity index (χ1) is 12.5. The summed E-state index contributed by atoms with van der Waals surface area (Å²) in [4.78, 5) is 38.1. The maximum atomic E-state index is 12.8. The van der Waals surface area contributed by atoms with Crippen molar-refractivity contribution in [1.29, 1.82) is 5.26 Å². The first kappa shape index (κ1) is 17.9. The number of imide groups is 1. The summed E-state index contributed by atoms with van der Waals surface area (Å²) in [5.41, 5.74) is 0.268. The lowest BCUT2D eigenvalue weighted by Crippen LogP contribution is -2.54. The van der Waals surface area contributed by atoms with Crippen LogP contribution >= 0.6 is 0 Å². The van der Waals surface area contributed by atoms with Crippen LogP contribution in [0.3, 0.4) is 0 Å². The molecular formula is C19H21N3O4. The van der Waals surface area contributed by atoms with Gasteiger partial charge in [-0.3, -0.25) is 14.5 Å². The maximum Gasteiger partial charge on any atom is 0.326 e. The summed E-state index contributed by atoms with van der Waals surface area (Å²) in [7, 11) is 0. The van der Waals surface area contributed by atoms with Crippen LogP contribution in [0.5, 0.6) is 0 Å². The van der Waals surface area contributed by atoms with Gasteiger partial charge in [-0.2, -0.15) is 5.26 Å². The highest BCUT2D eigenvalue weighted by molar-refractivity contribution is 6.08. The summed E-state index contributed by atoms with van der Waals surface area (Å²) in [6.07, 6.45) is 3.39. The van der Waals surface area contributed by atoms with Crippen LogP contribution in [-0.4, -0.2) is 34.9 Å². The zero-order valence-corrected chi connectivity index (χ0v) is 14.7. The monoisotopic (exact) mass is 355 g/mol. The van der Waals surface area contributed by atoms with E-state index in [2.05, 4.69) is 5.32 Å². The van der Waals surface area contributed by atoms with E-state index in [4.69, 9.17) is 10.00 Å². The largest absolute Gasteiger partial charge is 0.459 e. The fraction of sp³-hybridized carbons (Fsp3) is 0.474. The summed E-state index contributed by atoms with van der Waals surface area (Å²) < 4.78 is 5.17. The molecule has 7 heteroatoms. The van der Waals surface area contributed by atoms with E-state index in [1.54, 1.807) is 24.3 Å². The molecule has 7 nitrogen and oxygen atoms in total. The van der Waals surface area contributed by atoms with Gasteiger partial charge in [-0.05, 0) is 36.5 Å². The average molecular weight is 355 g/mol. The number of amides is 3. The Labute approximate surface area is 151 Å². The Bertz CT molecular complexity index is 785. The number of rotatable bonds is 4. The summed E-state index contributed by atoms with van der Waals surface area (Å²) in [6, 6.07) is 8.20. The van der Waals surface area contributed by atoms with Crippen molar-refractivity contribution in [3.63, 3.8) is 0 Å². The average Bonchev–Trinajstić information content (AvgIpc) is 2.88. The Morgan fingerprint density at radius 2 is 2.23 bits per heavy atom. The molecule has 1 heterocycles. The normalized spacial score (nSPS) is 25.1. The minimum atomic E-state index is -0.878. The van der Waals surface area contributed by atoms with Crippen LogP contribution in [0, 0.1) is 17.2 Å². The first-order valence-electron chi connectivity index (χ1n) is 8.75. The van der Waals surface area contributed by atoms with Crippen LogP contribution in [0.1, 0.15) is 43.7 Å². The molecule has 1 aromatic rings. The van der Waals surface area contributed by atoms with E-state index in [9.17, 15) is 14.4 Å². The quantitative estimate of drug-likeness (QED) is 0.659. The summed E-state index contributed by atoms with van der Waals surface area (Å²) in [5, 5.41) is 11.7. The van der Waals surface area contributed by atoms with Gasteiger partial charge in [-0.1, -0.05) is 31.9 Å². The highest BCUT2D eigenvalue weighted by Gasteiger charge is 2.55. The molecule has 3 rings (SSSR count). The van der Waals surface area contributed by atoms with Crippen molar-refractivity contribution in [2.24, 2.45) is 5.92 Å². The zero-order valence-electron chi connectivity index (χ0n) is 14.7. The lowest BCUT2D eigenvalue weighted by atomic mass is 9.73. The molecule has 1 saturated heterocycles. The van der Waals surface area contributed by atoms with Crippen molar-refractivity contribution >= 4 is 17.9 Å². The molecule has 1 aliphatic carbocycles. The van der Waals surface area contributed by atoms with Crippen molar-refractivity contribution in [2.45, 2.75) is 44.8 Å². The van der Waals surface area contributed by atoms with Gasteiger partial charge < -0.3 is 10.1 Å². The maximum absolute atomic E-state index is 12.8. The second-order valence-electron chi connectivity index (χ2n) is 6.91. The van der Waals surface area contributed by atoms with Gasteiger partial charge in [0.2, 0.25) is 0 Å². The predicted octanol–water partition coefficient (Wildman–Crippen LogP) is 2.10. The third-order valence-electron chi connectivity index (χ3n) is 5.24. The third-order valence-corrected chi connectivity index (χ3v) is 5.24. The summed E-state index contributed by atoms with van der Waals surface area (Å²) >= 11 is 0. The molecule has 2 aliphatic rings. The predicted molar refractivity (Wildman–Crippen MR) is 91.6 cm³/mol. The van der Waals surface area contributed by atoms with Gasteiger partial charge in [0.05, 0.1) is 11.6 Å². The highest BCUT2D eigenvalue weighted by atomic mass is 16.5. The molecule has 1 spiro atoms. The molecule has 1 N–H and O–H groups in total. The second-order valence-corrected chi connectivity index (χ2v) is 6.91. The Morgan fingerprint density at radius 1 is 1.42 bits per heavy atom. The lowest BCUT2D eigenvalue weighted by molar-refractivity contribution is -0.149. The smallest absolute Gasteiger partial charge is 0.326 e. The SMILES string of the molecule is C[C@H]1CCCC[C@]12NC(=O)N(CC(=O)OCc1cccc(C#N)c1)C2=O. The molecule has 0 radical (unpaired) electrons. The molecular weight excluding hydrogens is 334 g/mol. The van der Waals surface area contributed by atoms with E-state index < -0.39 is 24.1 Å². The van der Waals surface area contributed by atoms with Gasteiger partial charge in [0.25, 0.3) is 5.91 Å². The number of hydrogen-bond donors (Lipinski definition) is 1. The second kappa shape index (κ2) is 7.16. The molecule has 0 aromatic heterocycles. The molecule has 136 valence electrons. The molecule has 0 bridgehead atoms. The Hall–Kier alpha value is -2.88. The number of esters is 1. The van der Waals surface area contributed by atoms with Crippen molar-refractivity contribution in [1.82, 2.24) is 10.2 Å². The molecule has 3 amide bonds. The molecule has 1 aliphatic heterocycles. The Kier molecular flexibility index (Phi) is 4.94. The third kappa shape index (κ3) is 3.27. The van der Waals surface area contributed by atoms with Crippen molar-refractivity contribution < 1.29 is 19.1 Å². The van der Waals surface area contributed by atoms with Gasteiger partial charge in [-0.25, -0.2) is 4.79 Å². The van der Waals surface area contributed by atoms with Gasteiger partial charge in [0.15, 0.2) is 0 Å². The van der Waals surface area contributed by atoms with Gasteiger partial charge >= 0.3 is 12.0 Å². The number of carbonyl (C=O) groups excluding carboxylic acids is 3. The van der Waals surface area contributed by atoms with Crippen molar-refractivity contribution in [3.05, 3.63) is 35.4 Å². The van der Waals surface area contributed by atoms with Crippen LogP contribution in [0.25, 0.3) is 0 Å². The van der Waals surface area contributed by atoms with Crippen LogP contribution in [0.4, 0.5) is 4.79 Å². The van der Waals surface area contributed by atoms with Gasteiger partial charge in [0, 0.05) is 0 Å². The van der Waals surface area contributed by atoms with Crippen LogP contribution in [-0.2, 0) is 20.9 Å². The number of hydrogen-bond acceptors (Lipinski definition) is 5. The number of ether oxygens (including phenoxy) is 1. The van der Waals surface area contributed by atoms with Crippen molar-refractivity contribution in [3.8, 4) is 6.07 Å². The van der Waals surface area contributed by atoms with Crippen LogP contribution < -0.4 is 5.32 Å². The number of urea groups is 1. The number of nitrogens with one attached hydrogen (secondary N) is 1. The van der Waals surface area contributed by atoms with E-state index in [1.807, 2.05) is 13.0 Å². The molecule has 0 unspecified atom stereocenters. The standard InChI is InChI=1S/C19H21N3O4/c1-13-5-2-3-8-19(13)17(24)22(18(25)21-19)11-16(23)26-12-15-7-4-6-14(9-15)10-20/h4,6-7,9,13H,2-3,5,8,11-12H2,1H3,(H,21,25)/t13-,19-/m0/s1. The van der Waals surface area contributed by atoms with Crippen LogP contribution in [0.15, 0.2) is 24.3 Å². The van der Waals surface area contributed by atoms with Crippen LogP contribution in [0.2, 0.25) is 0 Å². The fourth-order valence-electron chi connectivity index (χ4n) is 3.71. The highest BCUT2D eigenvalue weighted by Crippen LogP contribution is 2.38. The molecule has 1 saturated carbocycles. The van der Waals surface area contributed by atoms with Gasteiger partial charge in [-0.15, -0.1) is 0 Å². The number of nitriles is 1. The molecule has 2 fully saturated rings. The Morgan fingerprint density at radius 3 is 2.96 bits per heavy atom. The topological polar surface area (TPSA) is 99.5 Å². The Balaban J connectivity index is 1.61. The molecule has 2 atom stereocenters. The first-order valence-corrected chi connectivity index (χ1v) is 8.75. The fourth-order valence-corrected chi connectivity index (χ4v) is 3.71. The summed E-state index contributed by atoms with van der Waals surface area (Å²) in [5.74, 6) is -0.947. The van der Waals surface area contributed by atoms with E-state index >= 15 is 0 Å². The summed E-state index contributed by atoms with van der Waals surface area (Å²) in [6.45, 7) is 1.54. The minimum Gasteiger partial charge on any atom is -0.459 e. The minimum absolute atomic E-state index is 0.0143. The number of benzene rings is 1. The number of nitrogens with zero attached hydrogens (tertiary/aromatic N) is 2. The van der Waals surface area contributed by atoms with Crippen molar-refractivity contribution in [2.75, 3.05) is 6.54 Å². The molecule has 1 aromatic carbocycles. The van der Waals surface area contributed by atoms with E-state index in [0.29, 0.717) is 17.5 Å². The van der Waals surface area contributed by atoms with E-state index in [-0.39, 0.29) is 18.4 Å². The number of carbonyl (C=O) groups is 3. The van der Waals surface area contributed by atoms with Gasteiger partial charge in [0.1, 0.15) is 18.7 Å². The van der Waals surface area contributed by atoms with E-state index in [1.165, 1.54) is 0 Å². The lowest BCUT2D eigenvalue weighted by Gasteiger charge is -2.36. The van der Waals surface area contributed by atoms with E-state index in [0.717, 1.165) is 24.2 Å². The molecule has 26 heavy (non-hydrogen) atoms.